The van der Waals surface area contributed by atoms with E-state index in [0.717, 1.165) is 11.1 Å². The maximum atomic E-state index is 8.81. The van der Waals surface area contributed by atoms with Gasteiger partial charge in [0, 0.05) is 5.56 Å². The molecule has 2 rings (SSSR count). The first-order chi connectivity index (χ1) is 8.72. The molecule has 0 amide bonds. The summed E-state index contributed by atoms with van der Waals surface area (Å²) in [5, 5.41) is 8.81. The lowest BCUT2D eigenvalue weighted by atomic mass is 10.0. The van der Waals surface area contributed by atoms with Gasteiger partial charge in [-0.2, -0.15) is 5.26 Å². The summed E-state index contributed by atoms with van der Waals surface area (Å²) in [5.74, 6) is 0.626. The van der Waals surface area contributed by atoms with Crippen molar-refractivity contribution in [2.45, 2.75) is 6.92 Å². The number of nitriles is 1. The van der Waals surface area contributed by atoms with Crippen molar-refractivity contribution in [1.82, 2.24) is 0 Å². The normalized spacial score (nSPS) is 11.0. The second-order valence-corrected chi connectivity index (χ2v) is 3.81. The molecule has 0 aliphatic carbocycles. The third-order valence-corrected chi connectivity index (χ3v) is 2.53. The molecule has 0 fully saturated rings. The predicted molar refractivity (Wildman–Crippen MR) is 70.3 cm³/mol. The van der Waals surface area contributed by atoms with Crippen molar-refractivity contribution in [3.8, 4) is 6.07 Å². The van der Waals surface area contributed by atoms with Crippen molar-refractivity contribution in [2.75, 3.05) is 0 Å². The zero-order valence-electron chi connectivity index (χ0n) is 10.1. The lowest BCUT2D eigenvalue weighted by Crippen LogP contribution is -2.04. The van der Waals surface area contributed by atoms with Crippen LogP contribution >= 0.6 is 0 Å². The van der Waals surface area contributed by atoms with Gasteiger partial charge in [0.05, 0.1) is 6.26 Å². The summed E-state index contributed by atoms with van der Waals surface area (Å²) in [7, 11) is 0. The maximum Gasteiger partial charge on any atom is 0.152 e. The van der Waals surface area contributed by atoms with Crippen LogP contribution in [0.15, 0.2) is 64.3 Å². The zero-order chi connectivity index (χ0) is 13.0. The molecule has 0 radical (unpaired) electrons. The first-order valence-electron chi connectivity index (χ1n) is 5.50. The molecule has 0 aliphatic rings. The Kier molecular flexibility index (Phi) is 3.40. The van der Waals surface area contributed by atoms with Crippen molar-refractivity contribution < 1.29 is 4.42 Å². The van der Waals surface area contributed by atoms with E-state index in [1.54, 1.807) is 12.3 Å². The molecule has 0 saturated carbocycles. The number of hydrogen-bond acceptors (Lipinski definition) is 3. The third kappa shape index (κ3) is 2.38. The van der Waals surface area contributed by atoms with Crippen LogP contribution in [-0.4, -0.2) is 5.71 Å². The van der Waals surface area contributed by atoms with Gasteiger partial charge in [-0.25, -0.2) is 4.99 Å². The van der Waals surface area contributed by atoms with Gasteiger partial charge in [0.15, 0.2) is 5.76 Å². The van der Waals surface area contributed by atoms with Gasteiger partial charge in [-0.05, 0) is 24.6 Å². The lowest BCUT2D eigenvalue weighted by Gasteiger charge is -2.06. The fourth-order valence-corrected chi connectivity index (χ4v) is 1.66. The Balaban J connectivity index is 2.58. The number of furan rings is 1. The average Bonchev–Trinajstić information content (AvgIpc) is 2.90. The van der Waals surface area contributed by atoms with E-state index in [9.17, 15) is 0 Å². The summed E-state index contributed by atoms with van der Waals surface area (Å²) in [6, 6.07) is 13.3. The van der Waals surface area contributed by atoms with Gasteiger partial charge < -0.3 is 4.42 Å². The van der Waals surface area contributed by atoms with E-state index in [4.69, 9.17) is 9.68 Å². The molecule has 1 heterocycles. The summed E-state index contributed by atoms with van der Waals surface area (Å²) < 4.78 is 5.37. The van der Waals surface area contributed by atoms with Crippen molar-refractivity contribution >= 4 is 5.71 Å². The third-order valence-electron chi connectivity index (χ3n) is 2.53. The molecule has 0 spiro atoms. The topological polar surface area (TPSA) is 49.3 Å². The van der Waals surface area contributed by atoms with E-state index < -0.39 is 0 Å². The minimum Gasteiger partial charge on any atom is -0.463 e. The van der Waals surface area contributed by atoms with Gasteiger partial charge in [0.25, 0.3) is 0 Å². The highest BCUT2D eigenvalue weighted by Gasteiger charge is 2.12. The van der Waals surface area contributed by atoms with Gasteiger partial charge in [-0.15, -0.1) is 0 Å². The van der Waals surface area contributed by atoms with Crippen molar-refractivity contribution in [2.24, 2.45) is 4.99 Å². The standard InChI is InChI=1S/C15H12N2O/c1-11-6-3-4-7-13(11)15(17-12(2)10-16)14-8-5-9-18-14/h3-9H,2H2,1H3. The van der Waals surface area contributed by atoms with E-state index in [1.807, 2.05) is 43.3 Å². The minimum atomic E-state index is 0.157. The molecule has 0 N–H and O–H groups in total. The average molecular weight is 236 g/mol. The number of benzene rings is 1. The summed E-state index contributed by atoms with van der Waals surface area (Å²) in [6.07, 6.45) is 1.58. The first kappa shape index (κ1) is 11.9. The first-order valence-corrected chi connectivity index (χ1v) is 5.50. The van der Waals surface area contributed by atoms with Crippen LogP contribution in [0.1, 0.15) is 16.9 Å². The number of hydrogen-bond donors (Lipinski definition) is 0. The summed E-state index contributed by atoms with van der Waals surface area (Å²) in [6.45, 7) is 5.58. The van der Waals surface area contributed by atoms with Crippen molar-refractivity contribution in [3.63, 3.8) is 0 Å². The van der Waals surface area contributed by atoms with E-state index in [0.29, 0.717) is 11.5 Å². The molecule has 3 nitrogen and oxygen atoms in total. The van der Waals surface area contributed by atoms with Crippen LogP contribution in [0.25, 0.3) is 0 Å². The van der Waals surface area contributed by atoms with Gasteiger partial charge >= 0.3 is 0 Å². The highest BCUT2D eigenvalue weighted by molar-refractivity contribution is 6.12. The van der Waals surface area contributed by atoms with Gasteiger partial charge in [-0.3, -0.25) is 0 Å². The quantitative estimate of drug-likeness (QED) is 0.605. The molecule has 18 heavy (non-hydrogen) atoms. The van der Waals surface area contributed by atoms with Crippen LogP contribution < -0.4 is 0 Å². The molecular formula is C15H12N2O. The lowest BCUT2D eigenvalue weighted by molar-refractivity contribution is 0.558. The Labute approximate surface area is 106 Å². The van der Waals surface area contributed by atoms with Crippen molar-refractivity contribution in [3.05, 3.63) is 71.8 Å². The second kappa shape index (κ2) is 5.15. The van der Waals surface area contributed by atoms with Crippen molar-refractivity contribution in [1.29, 1.82) is 5.26 Å². The van der Waals surface area contributed by atoms with Crippen LogP contribution in [0.4, 0.5) is 0 Å². The smallest absolute Gasteiger partial charge is 0.152 e. The van der Waals surface area contributed by atoms with Crippen LogP contribution in [-0.2, 0) is 0 Å². The predicted octanol–water partition coefficient (Wildman–Crippen LogP) is 3.46. The number of rotatable bonds is 3. The SMILES string of the molecule is C=C(C#N)N=C(c1ccco1)c1ccccc1C. The largest absolute Gasteiger partial charge is 0.463 e. The highest BCUT2D eigenvalue weighted by Crippen LogP contribution is 2.16. The number of allylic oxidation sites excluding steroid dienone is 1. The van der Waals surface area contributed by atoms with E-state index in [1.165, 1.54) is 0 Å². The van der Waals surface area contributed by atoms with Crippen LogP contribution in [0, 0.1) is 18.3 Å². The monoisotopic (exact) mass is 236 g/mol. The molecule has 0 atom stereocenters. The molecule has 0 aliphatic heterocycles. The van der Waals surface area contributed by atoms with E-state index >= 15 is 0 Å². The maximum absolute atomic E-state index is 8.81. The van der Waals surface area contributed by atoms with Gasteiger partial charge in [0.1, 0.15) is 17.5 Å². The van der Waals surface area contributed by atoms with E-state index in [-0.39, 0.29) is 5.70 Å². The van der Waals surface area contributed by atoms with Crippen LogP contribution in [0.3, 0.4) is 0 Å². The molecule has 0 unspecified atom stereocenters. The molecule has 1 aromatic carbocycles. The Morgan fingerprint density at radius 3 is 2.67 bits per heavy atom. The fourth-order valence-electron chi connectivity index (χ4n) is 1.66. The summed E-state index contributed by atoms with van der Waals surface area (Å²) in [4.78, 5) is 4.24. The Morgan fingerprint density at radius 1 is 1.28 bits per heavy atom. The fraction of sp³-hybridized carbons (Fsp3) is 0.0667. The van der Waals surface area contributed by atoms with Crippen LogP contribution in [0.2, 0.25) is 0 Å². The number of nitrogens with zero attached hydrogens (tertiary/aromatic N) is 2. The minimum absolute atomic E-state index is 0.157. The molecular weight excluding hydrogens is 224 g/mol. The molecule has 3 heteroatoms. The molecule has 0 saturated heterocycles. The molecule has 0 bridgehead atoms. The Hall–Kier alpha value is -2.60. The highest BCUT2D eigenvalue weighted by atomic mass is 16.3. The number of aryl methyl sites for hydroxylation is 1. The Bertz CT molecular complexity index is 631. The summed E-state index contributed by atoms with van der Waals surface area (Å²) in [5.41, 5.74) is 2.79. The summed E-state index contributed by atoms with van der Waals surface area (Å²) >= 11 is 0. The second-order valence-electron chi connectivity index (χ2n) is 3.81. The zero-order valence-corrected chi connectivity index (χ0v) is 10.1. The van der Waals surface area contributed by atoms with Gasteiger partial charge in [0.2, 0.25) is 0 Å². The number of aliphatic imine (C=N–C) groups is 1. The molecule has 2 aromatic rings. The molecule has 88 valence electrons. The molecule has 1 aromatic heterocycles. The van der Waals surface area contributed by atoms with Crippen LogP contribution in [0.5, 0.6) is 0 Å². The van der Waals surface area contributed by atoms with Gasteiger partial charge in [-0.1, -0.05) is 30.8 Å². The Morgan fingerprint density at radius 2 is 2.06 bits per heavy atom. The van der Waals surface area contributed by atoms with E-state index in [2.05, 4.69) is 11.6 Å².